The van der Waals surface area contributed by atoms with E-state index >= 15 is 0 Å². The van der Waals surface area contributed by atoms with Crippen molar-refractivity contribution in [2.45, 2.75) is 11.9 Å². The third-order valence-corrected chi connectivity index (χ3v) is 3.81. The summed E-state index contributed by atoms with van der Waals surface area (Å²) in [7, 11) is 1.64. The summed E-state index contributed by atoms with van der Waals surface area (Å²) in [5, 5.41) is 0.770. The van der Waals surface area contributed by atoms with Crippen LogP contribution in [0.2, 0.25) is 0 Å². The van der Waals surface area contributed by atoms with E-state index in [2.05, 4.69) is 36.8 Å². The molecule has 0 spiro atoms. The van der Waals surface area contributed by atoms with Crippen molar-refractivity contribution >= 4 is 31.9 Å². The minimum Gasteiger partial charge on any atom is -0.493 e. The zero-order valence-corrected chi connectivity index (χ0v) is 13.6. The summed E-state index contributed by atoms with van der Waals surface area (Å²) in [6.45, 7) is 0.477. The summed E-state index contributed by atoms with van der Waals surface area (Å²) in [5.41, 5.74) is 2.19. The van der Waals surface area contributed by atoms with Crippen molar-refractivity contribution in [3.05, 3.63) is 52.3 Å². The van der Waals surface area contributed by atoms with Gasteiger partial charge < -0.3 is 9.47 Å². The van der Waals surface area contributed by atoms with Crippen molar-refractivity contribution < 1.29 is 9.47 Å². The van der Waals surface area contributed by atoms with Crippen molar-refractivity contribution in [3.63, 3.8) is 0 Å². The Morgan fingerprint density at radius 1 is 1.16 bits per heavy atom. The fourth-order valence-corrected chi connectivity index (χ4v) is 2.55. The van der Waals surface area contributed by atoms with Crippen molar-refractivity contribution in [1.82, 2.24) is 4.98 Å². The van der Waals surface area contributed by atoms with Gasteiger partial charge in [0.15, 0.2) is 11.5 Å². The Balaban J connectivity index is 2.20. The molecule has 5 heteroatoms. The molecule has 2 rings (SSSR count). The second kappa shape index (κ2) is 6.91. The molecule has 0 saturated carbocycles. The lowest BCUT2D eigenvalue weighted by Crippen LogP contribution is -1.99. The number of pyridine rings is 1. The van der Waals surface area contributed by atoms with Crippen LogP contribution in [0.4, 0.5) is 0 Å². The quantitative estimate of drug-likeness (QED) is 0.716. The molecule has 0 saturated heterocycles. The average molecular weight is 387 g/mol. The molecule has 0 fully saturated rings. The van der Waals surface area contributed by atoms with E-state index in [1.165, 1.54) is 0 Å². The molecule has 0 aliphatic carbocycles. The summed E-state index contributed by atoms with van der Waals surface area (Å²) in [4.78, 5) is 3.98. The zero-order chi connectivity index (χ0) is 13.7. The maximum absolute atomic E-state index is 5.83. The van der Waals surface area contributed by atoms with Crippen molar-refractivity contribution in [2.75, 3.05) is 7.11 Å². The number of benzene rings is 1. The monoisotopic (exact) mass is 385 g/mol. The third kappa shape index (κ3) is 3.70. The van der Waals surface area contributed by atoms with Crippen LogP contribution in [0, 0.1) is 0 Å². The first-order chi connectivity index (χ1) is 9.24. The second-order valence-corrected chi connectivity index (χ2v) is 5.30. The lowest BCUT2D eigenvalue weighted by Gasteiger charge is -2.13. The van der Waals surface area contributed by atoms with Gasteiger partial charge in [-0.1, -0.05) is 15.9 Å². The van der Waals surface area contributed by atoms with Gasteiger partial charge in [-0.05, 0) is 51.3 Å². The molecule has 0 radical (unpaired) electrons. The Morgan fingerprint density at radius 2 is 1.89 bits per heavy atom. The predicted octanol–water partition coefficient (Wildman–Crippen LogP) is 4.33. The van der Waals surface area contributed by atoms with Gasteiger partial charge in [0.05, 0.1) is 11.6 Å². The molecule has 0 unspecified atom stereocenters. The first kappa shape index (κ1) is 14.3. The van der Waals surface area contributed by atoms with Gasteiger partial charge in [-0.15, -0.1) is 0 Å². The van der Waals surface area contributed by atoms with Crippen LogP contribution in [-0.2, 0) is 11.9 Å². The van der Waals surface area contributed by atoms with Gasteiger partial charge in [-0.2, -0.15) is 0 Å². The second-order valence-electron chi connectivity index (χ2n) is 3.89. The largest absolute Gasteiger partial charge is 0.493 e. The van der Waals surface area contributed by atoms with Crippen LogP contribution in [0.25, 0.3) is 0 Å². The van der Waals surface area contributed by atoms with Gasteiger partial charge in [0.2, 0.25) is 0 Å². The van der Waals surface area contributed by atoms with E-state index in [1.807, 2.05) is 24.3 Å². The Bertz CT molecular complexity index is 547. The smallest absolute Gasteiger partial charge is 0.175 e. The van der Waals surface area contributed by atoms with Crippen LogP contribution in [0.15, 0.2) is 41.1 Å². The van der Waals surface area contributed by atoms with Gasteiger partial charge >= 0.3 is 0 Å². The zero-order valence-electron chi connectivity index (χ0n) is 10.4. The first-order valence-electron chi connectivity index (χ1n) is 5.68. The van der Waals surface area contributed by atoms with Crippen molar-refractivity contribution in [2.24, 2.45) is 0 Å². The van der Waals surface area contributed by atoms with E-state index in [0.717, 1.165) is 26.7 Å². The number of methoxy groups -OCH3 is 1. The van der Waals surface area contributed by atoms with Crippen molar-refractivity contribution in [1.29, 1.82) is 0 Å². The molecule has 1 aromatic carbocycles. The minimum atomic E-state index is 0.477. The Morgan fingerprint density at radius 3 is 2.53 bits per heavy atom. The van der Waals surface area contributed by atoms with Gasteiger partial charge in [-0.25, -0.2) is 0 Å². The lowest BCUT2D eigenvalue weighted by atomic mass is 10.2. The maximum Gasteiger partial charge on any atom is 0.175 e. The number of aromatic nitrogens is 1. The molecule has 100 valence electrons. The average Bonchev–Trinajstić information content (AvgIpc) is 2.46. The molecule has 1 heterocycles. The van der Waals surface area contributed by atoms with Crippen LogP contribution in [0.5, 0.6) is 11.5 Å². The molecular weight excluding hydrogens is 374 g/mol. The summed E-state index contributed by atoms with van der Waals surface area (Å²) in [6.07, 6.45) is 3.50. The lowest BCUT2D eigenvalue weighted by molar-refractivity contribution is 0.282. The number of hydrogen-bond acceptors (Lipinski definition) is 3. The molecule has 0 amide bonds. The third-order valence-electron chi connectivity index (χ3n) is 2.58. The summed E-state index contributed by atoms with van der Waals surface area (Å²) in [6, 6.07) is 7.82. The number of alkyl halides is 1. The summed E-state index contributed by atoms with van der Waals surface area (Å²) < 4.78 is 12.1. The number of halogens is 2. The summed E-state index contributed by atoms with van der Waals surface area (Å²) in [5.74, 6) is 1.43. The molecule has 0 aliphatic rings. The van der Waals surface area contributed by atoms with Crippen LogP contribution >= 0.6 is 31.9 Å². The van der Waals surface area contributed by atoms with E-state index in [9.17, 15) is 0 Å². The minimum absolute atomic E-state index is 0.477. The van der Waals surface area contributed by atoms with Crippen LogP contribution in [0.3, 0.4) is 0 Å². The molecule has 0 aliphatic heterocycles. The normalized spacial score (nSPS) is 10.3. The molecule has 0 bridgehead atoms. The number of nitrogens with zero attached hydrogens (tertiary/aromatic N) is 1. The molecular formula is C14H13Br2NO2. The Hall–Kier alpha value is -1.07. The van der Waals surface area contributed by atoms with Gasteiger partial charge in [0.25, 0.3) is 0 Å². The highest BCUT2D eigenvalue weighted by molar-refractivity contribution is 9.10. The van der Waals surface area contributed by atoms with E-state index in [1.54, 1.807) is 19.5 Å². The fourth-order valence-electron chi connectivity index (χ4n) is 1.62. The maximum atomic E-state index is 5.83. The van der Waals surface area contributed by atoms with E-state index in [0.29, 0.717) is 12.4 Å². The van der Waals surface area contributed by atoms with E-state index in [-0.39, 0.29) is 0 Å². The number of rotatable bonds is 5. The standard InChI is InChI=1S/C14H13Br2NO2/c1-18-13-7-11(8-15)6-12(16)14(13)19-9-10-2-4-17-5-3-10/h2-7H,8-9H2,1H3. The van der Waals surface area contributed by atoms with Gasteiger partial charge in [-0.3, -0.25) is 4.98 Å². The highest BCUT2D eigenvalue weighted by atomic mass is 79.9. The highest BCUT2D eigenvalue weighted by Gasteiger charge is 2.11. The van der Waals surface area contributed by atoms with Crippen LogP contribution in [0.1, 0.15) is 11.1 Å². The van der Waals surface area contributed by atoms with Gasteiger partial charge in [0.1, 0.15) is 6.61 Å². The molecule has 19 heavy (non-hydrogen) atoms. The number of ether oxygens (including phenoxy) is 2. The Labute approximate surface area is 129 Å². The number of hydrogen-bond donors (Lipinski definition) is 0. The molecule has 1 aromatic heterocycles. The molecule has 3 nitrogen and oxygen atoms in total. The van der Waals surface area contributed by atoms with Crippen LogP contribution < -0.4 is 9.47 Å². The highest BCUT2D eigenvalue weighted by Crippen LogP contribution is 2.37. The van der Waals surface area contributed by atoms with Gasteiger partial charge in [0, 0.05) is 17.7 Å². The Kier molecular flexibility index (Phi) is 5.22. The molecule has 2 aromatic rings. The summed E-state index contributed by atoms with van der Waals surface area (Å²) >= 11 is 6.95. The molecule has 0 N–H and O–H groups in total. The first-order valence-corrected chi connectivity index (χ1v) is 7.60. The SMILES string of the molecule is COc1cc(CBr)cc(Br)c1OCc1ccncc1. The van der Waals surface area contributed by atoms with E-state index < -0.39 is 0 Å². The van der Waals surface area contributed by atoms with Crippen LogP contribution in [-0.4, -0.2) is 12.1 Å². The predicted molar refractivity (Wildman–Crippen MR) is 81.9 cm³/mol. The van der Waals surface area contributed by atoms with E-state index in [4.69, 9.17) is 9.47 Å². The van der Waals surface area contributed by atoms with Crippen molar-refractivity contribution in [3.8, 4) is 11.5 Å². The topological polar surface area (TPSA) is 31.4 Å². The molecule has 0 atom stereocenters. The fraction of sp³-hybridized carbons (Fsp3) is 0.214.